The van der Waals surface area contributed by atoms with E-state index in [-0.39, 0.29) is 0 Å². The van der Waals surface area contributed by atoms with Gasteiger partial charge < -0.3 is 0 Å². The summed E-state index contributed by atoms with van der Waals surface area (Å²) >= 11 is 0. The van der Waals surface area contributed by atoms with E-state index in [0.717, 1.165) is 5.46 Å². The predicted molar refractivity (Wildman–Crippen MR) is 71.0 cm³/mol. The minimum Gasteiger partial charge on any atom is -0.0967 e. The van der Waals surface area contributed by atoms with Gasteiger partial charge in [-0.3, -0.25) is 0 Å². The minimum atomic E-state index is 0.316. The average molecular weight is 202 g/mol. The third-order valence-corrected chi connectivity index (χ3v) is 2.74. The highest BCUT2D eigenvalue weighted by Gasteiger charge is 2.20. The van der Waals surface area contributed by atoms with Gasteiger partial charge >= 0.3 is 0 Å². The van der Waals surface area contributed by atoms with Gasteiger partial charge in [0.15, 0.2) is 0 Å². The summed E-state index contributed by atoms with van der Waals surface area (Å²) in [6, 6.07) is 8.17. The van der Waals surface area contributed by atoms with Crippen molar-refractivity contribution in [2.45, 2.75) is 47.5 Å². The lowest BCUT2D eigenvalue weighted by molar-refractivity contribution is 0.339. The Labute approximate surface area is 96.5 Å². The molecule has 82 valence electrons. The molecule has 1 rings (SSSR count). The molecule has 15 heavy (non-hydrogen) atoms. The van der Waals surface area contributed by atoms with E-state index >= 15 is 0 Å². The standard InChI is InChI=1S/C12H17B.C2H6/c1-9(12(2,3)4)10-5-7-11(13)8-6-10;1-2/h5-9H,1-4H3;1-2H3. The van der Waals surface area contributed by atoms with Crippen LogP contribution in [0.15, 0.2) is 24.3 Å². The summed E-state index contributed by atoms with van der Waals surface area (Å²) in [6.45, 7) is 13.0. The highest BCUT2D eigenvalue weighted by molar-refractivity contribution is 6.32. The molecule has 1 atom stereocenters. The normalized spacial score (nSPS) is 12.7. The number of hydrogen-bond donors (Lipinski definition) is 0. The summed E-state index contributed by atoms with van der Waals surface area (Å²) in [6.07, 6.45) is 0. The highest BCUT2D eigenvalue weighted by atomic mass is 14.3. The molecule has 2 radical (unpaired) electrons. The molecule has 0 fully saturated rings. The summed E-state index contributed by atoms with van der Waals surface area (Å²) < 4.78 is 0. The highest BCUT2D eigenvalue weighted by Crippen LogP contribution is 2.33. The van der Waals surface area contributed by atoms with Crippen LogP contribution in [0.4, 0.5) is 0 Å². The van der Waals surface area contributed by atoms with Gasteiger partial charge in [0.05, 0.1) is 0 Å². The fourth-order valence-electron chi connectivity index (χ4n) is 1.28. The van der Waals surface area contributed by atoms with Crippen LogP contribution in [0.5, 0.6) is 0 Å². The van der Waals surface area contributed by atoms with Crippen LogP contribution >= 0.6 is 0 Å². The summed E-state index contributed by atoms with van der Waals surface area (Å²) in [7, 11) is 5.64. The Balaban J connectivity index is 0.000000921. The van der Waals surface area contributed by atoms with Crippen LogP contribution in [0.3, 0.4) is 0 Å². The fraction of sp³-hybridized carbons (Fsp3) is 0.571. The van der Waals surface area contributed by atoms with Crippen molar-refractivity contribution < 1.29 is 0 Å². The van der Waals surface area contributed by atoms with Gasteiger partial charge in [-0.15, -0.1) is 0 Å². The first-order chi connectivity index (χ1) is 6.91. The van der Waals surface area contributed by atoms with Crippen molar-refractivity contribution in [2.75, 3.05) is 0 Å². The number of benzene rings is 1. The summed E-state index contributed by atoms with van der Waals surface area (Å²) in [5.74, 6) is 0.563. The second kappa shape index (κ2) is 6.00. The van der Waals surface area contributed by atoms with E-state index in [4.69, 9.17) is 7.85 Å². The molecule has 0 aromatic heterocycles. The van der Waals surface area contributed by atoms with Crippen LogP contribution < -0.4 is 5.46 Å². The maximum atomic E-state index is 5.64. The van der Waals surface area contributed by atoms with Gasteiger partial charge in [0.1, 0.15) is 7.85 Å². The average Bonchev–Trinajstić information content (AvgIpc) is 2.20. The number of rotatable bonds is 1. The van der Waals surface area contributed by atoms with Crippen LogP contribution in [0, 0.1) is 5.41 Å². The lowest BCUT2D eigenvalue weighted by Gasteiger charge is -2.27. The first kappa shape index (κ1) is 14.3. The van der Waals surface area contributed by atoms with E-state index in [1.807, 2.05) is 26.0 Å². The van der Waals surface area contributed by atoms with Crippen molar-refractivity contribution in [3.8, 4) is 0 Å². The van der Waals surface area contributed by atoms with E-state index in [9.17, 15) is 0 Å². The van der Waals surface area contributed by atoms with Crippen molar-refractivity contribution in [3.05, 3.63) is 29.8 Å². The summed E-state index contributed by atoms with van der Waals surface area (Å²) in [4.78, 5) is 0. The van der Waals surface area contributed by atoms with E-state index in [0.29, 0.717) is 11.3 Å². The van der Waals surface area contributed by atoms with Crippen LogP contribution in [0.25, 0.3) is 0 Å². The summed E-state index contributed by atoms with van der Waals surface area (Å²) in [5, 5.41) is 0. The van der Waals surface area contributed by atoms with Crippen molar-refractivity contribution in [2.24, 2.45) is 5.41 Å². The van der Waals surface area contributed by atoms with E-state index in [1.54, 1.807) is 0 Å². The monoisotopic (exact) mass is 202 g/mol. The topological polar surface area (TPSA) is 0 Å². The molecule has 1 heteroatoms. The van der Waals surface area contributed by atoms with Crippen molar-refractivity contribution in [3.63, 3.8) is 0 Å². The molecule has 0 bridgehead atoms. The Morgan fingerprint density at radius 3 is 1.73 bits per heavy atom. The van der Waals surface area contributed by atoms with Crippen LogP contribution in [0.1, 0.15) is 53.0 Å². The molecular weight excluding hydrogens is 179 g/mol. The Bertz CT molecular complexity index is 266. The zero-order valence-electron chi connectivity index (χ0n) is 11.0. The third-order valence-electron chi connectivity index (χ3n) is 2.74. The van der Waals surface area contributed by atoms with Gasteiger partial charge in [-0.2, -0.15) is 0 Å². The van der Waals surface area contributed by atoms with Crippen LogP contribution in [0.2, 0.25) is 0 Å². The van der Waals surface area contributed by atoms with Gasteiger partial charge in [-0.1, -0.05) is 71.3 Å². The largest absolute Gasteiger partial charge is 0.113 e. The molecule has 0 aliphatic rings. The molecule has 0 saturated carbocycles. The molecule has 0 spiro atoms. The number of hydrogen-bond acceptors (Lipinski definition) is 0. The molecular formula is C14H23B. The molecule has 0 N–H and O–H groups in total. The fourth-order valence-corrected chi connectivity index (χ4v) is 1.28. The van der Waals surface area contributed by atoms with Gasteiger partial charge in [0.2, 0.25) is 0 Å². The second-order valence-electron chi connectivity index (χ2n) is 4.75. The molecule has 1 aromatic carbocycles. The maximum Gasteiger partial charge on any atom is 0.113 e. The van der Waals surface area contributed by atoms with Gasteiger partial charge in [-0.05, 0) is 16.9 Å². The van der Waals surface area contributed by atoms with E-state index in [2.05, 4.69) is 39.8 Å². The zero-order chi connectivity index (χ0) is 12.1. The Morgan fingerprint density at radius 1 is 1.00 bits per heavy atom. The minimum absolute atomic E-state index is 0.316. The van der Waals surface area contributed by atoms with E-state index < -0.39 is 0 Å². The maximum absolute atomic E-state index is 5.64. The van der Waals surface area contributed by atoms with E-state index in [1.165, 1.54) is 5.56 Å². The Hall–Kier alpha value is -0.715. The third kappa shape index (κ3) is 4.55. The van der Waals surface area contributed by atoms with Crippen molar-refractivity contribution >= 4 is 13.3 Å². The first-order valence-corrected chi connectivity index (χ1v) is 5.76. The van der Waals surface area contributed by atoms with Crippen molar-refractivity contribution in [1.82, 2.24) is 0 Å². The molecule has 0 aliphatic heterocycles. The molecule has 0 heterocycles. The van der Waals surface area contributed by atoms with Crippen molar-refractivity contribution in [1.29, 1.82) is 0 Å². The quantitative estimate of drug-likeness (QED) is 0.609. The predicted octanol–water partition coefficient (Wildman–Crippen LogP) is 3.66. The van der Waals surface area contributed by atoms with Gasteiger partial charge in [-0.25, -0.2) is 0 Å². The molecule has 0 aliphatic carbocycles. The zero-order valence-corrected chi connectivity index (χ0v) is 11.0. The molecule has 0 amide bonds. The lowest BCUT2D eigenvalue weighted by atomic mass is 9.77. The Morgan fingerprint density at radius 2 is 1.40 bits per heavy atom. The lowest BCUT2D eigenvalue weighted by Crippen LogP contribution is -2.16. The summed E-state index contributed by atoms with van der Waals surface area (Å²) in [5.41, 5.74) is 2.52. The second-order valence-corrected chi connectivity index (χ2v) is 4.75. The molecule has 0 nitrogen and oxygen atoms in total. The van der Waals surface area contributed by atoms with Crippen LogP contribution in [-0.2, 0) is 0 Å². The van der Waals surface area contributed by atoms with Gasteiger partial charge in [0.25, 0.3) is 0 Å². The first-order valence-electron chi connectivity index (χ1n) is 5.76. The SMILES string of the molecule is CC.[B]c1ccc(C(C)C(C)(C)C)cc1. The Kier molecular flexibility index (Phi) is 5.71. The molecule has 1 unspecified atom stereocenters. The molecule has 0 saturated heterocycles. The molecule has 1 aromatic rings. The van der Waals surface area contributed by atoms with Crippen LogP contribution in [-0.4, -0.2) is 7.85 Å². The smallest absolute Gasteiger partial charge is 0.0967 e. The van der Waals surface area contributed by atoms with Gasteiger partial charge in [0, 0.05) is 0 Å².